The van der Waals surface area contributed by atoms with E-state index in [9.17, 15) is 5.11 Å². The first-order valence-electron chi connectivity index (χ1n) is 8.38. The van der Waals surface area contributed by atoms with Gasteiger partial charge < -0.3 is 10.8 Å². The molecule has 20 heavy (non-hydrogen) atoms. The third kappa shape index (κ3) is 9.20. The van der Waals surface area contributed by atoms with Gasteiger partial charge in [0.2, 0.25) is 0 Å². The zero-order valence-electron chi connectivity index (χ0n) is 14.2. The Hall–Kier alpha value is 0.210. The van der Waals surface area contributed by atoms with Crippen LogP contribution in [0.5, 0.6) is 0 Å². The number of hydrogen-bond donors (Lipinski definition) is 2. The lowest BCUT2D eigenvalue weighted by Crippen LogP contribution is -2.52. The monoisotopic (exact) mass is 307 g/mol. The summed E-state index contributed by atoms with van der Waals surface area (Å²) in [4.78, 5) is 0. The van der Waals surface area contributed by atoms with Crippen LogP contribution in [0.1, 0.15) is 98.3 Å². The molecule has 3 N–H and O–H groups in total. The SMILES string of the molecule is CCCCCCCCCCCC(C)(C)C(N)(O)CC.Cl. The Morgan fingerprint density at radius 2 is 1.20 bits per heavy atom. The molecule has 1 atom stereocenters. The molecule has 0 radical (unpaired) electrons. The summed E-state index contributed by atoms with van der Waals surface area (Å²) in [5.41, 5.74) is 4.76. The molecular formula is C17H38ClNO. The summed E-state index contributed by atoms with van der Waals surface area (Å²) in [5.74, 6) is 0. The van der Waals surface area contributed by atoms with Crippen LogP contribution >= 0.6 is 12.4 Å². The molecule has 0 saturated heterocycles. The second kappa shape index (κ2) is 11.8. The van der Waals surface area contributed by atoms with Crippen LogP contribution in [-0.2, 0) is 0 Å². The van der Waals surface area contributed by atoms with Crippen molar-refractivity contribution in [2.75, 3.05) is 0 Å². The molecule has 0 aliphatic rings. The van der Waals surface area contributed by atoms with Gasteiger partial charge in [-0.25, -0.2) is 0 Å². The minimum absolute atomic E-state index is 0. The maximum Gasteiger partial charge on any atom is 0.118 e. The number of unbranched alkanes of at least 4 members (excludes halogenated alkanes) is 8. The highest BCUT2D eigenvalue weighted by Crippen LogP contribution is 2.34. The fourth-order valence-corrected chi connectivity index (χ4v) is 2.57. The normalized spacial score (nSPS) is 14.7. The molecule has 0 saturated carbocycles. The fraction of sp³-hybridized carbons (Fsp3) is 1.00. The van der Waals surface area contributed by atoms with Crippen molar-refractivity contribution >= 4 is 12.4 Å². The molecular weight excluding hydrogens is 270 g/mol. The van der Waals surface area contributed by atoms with Gasteiger partial charge in [0, 0.05) is 5.41 Å². The van der Waals surface area contributed by atoms with Crippen molar-refractivity contribution in [3.05, 3.63) is 0 Å². The summed E-state index contributed by atoms with van der Waals surface area (Å²) in [7, 11) is 0. The maximum atomic E-state index is 10.2. The Bertz CT molecular complexity index is 217. The molecule has 0 rings (SSSR count). The largest absolute Gasteiger partial charge is 0.376 e. The molecule has 3 heteroatoms. The topological polar surface area (TPSA) is 46.2 Å². The molecule has 1 unspecified atom stereocenters. The summed E-state index contributed by atoms with van der Waals surface area (Å²) in [6, 6.07) is 0. The molecule has 0 fully saturated rings. The molecule has 0 aromatic heterocycles. The molecule has 0 aromatic rings. The Balaban J connectivity index is 0. The van der Waals surface area contributed by atoms with Gasteiger partial charge in [-0.05, 0) is 12.8 Å². The standard InChI is InChI=1S/C17H37NO.ClH/c1-5-7-8-9-10-11-12-13-14-15-16(3,4)17(18,19)6-2;/h19H,5-15,18H2,1-4H3;1H. The molecule has 0 aliphatic carbocycles. The molecule has 0 amide bonds. The van der Waals surface area contributed by atoms with E-state index in [1.165, 1.54) is 57.8 Å². The van der Waals surface area contributed by atoms with Crippen LogP contribution in [-0.4, -0.2) is 10.8 Å². The predicted molar refractivity (Wildman–Crippen MR) is 92.3 cm³/mol. The molecule has 0 spiro atoms. The van der Waals surface area contributed by atoms with E-state index in [1.54, 1.807) is 0 Å². The van der Waals surface area contributed by atoms with Crippen molar-refractivity contribution in [1.29, 1.82) is 0 Å². The Morgan fingerprint density at radius 3 is 1.60 bits per heavy atom. The summed E-state index contributed by atoms with van der Waals surface area (Å²) in [6.45, 7) is 8.39. The first-order chi connectivity index (χ1) is 8.87. The van der Waals surface area contributed by atoms with Gasteiger partial charge >= 0.3 is 0 Å². The minimum atomic E-state index is -1.02. The van der Waals surface area contributed by atoms with E-state index in [2.05, 4.69) is 20.8 Å². The predicted octanol–water partition coefficient (Wildman–Crippen LogP) is 5.41. The van der Waals surface area contributed by atoms with Crippen molar-refractivity contribution in [2.24, 2.45) is 11.1 Å². The van der Waals surface area contributed by atoms with Gasteiger partial charge in [-0.15, -0.1) is 12.4 Å². The highest BCUT2D eigenvalue weighted by atomic mass is 35.5. The Labute approximate surface area is 133 Å². The van der Waals surface area contributed by atoms with Crippen LogP contribution < -0.4 is 5.73 Å². The van der Waals surface area contributed by atoms with Gasteiger partial charge in [-0.1, -0.05) is 85.5 Å². The lowest BCUT2D eigenvalue weighted by molar-refractivity contribution is -0.0703. The van der Waals surface area contributed by atoms with Crippen molar-refractivity contribution < 1.29 is 5.11 Å². The van der Waals surface area contributed by atoms with Crippen LogP contribution in [0.2, 0.25) is 0 Å². The number of aliphatic hydroxyl groups is 1. The van der Waals surface area contributed by atoms with Crippen molar-refractivity contribution in [2.45, 2.75) is 104 Å². The first kappa shape index (κ1) is 22.5. The zero-order valence-corrected chi connectivity index (χ0v) is 15.0. The molecule has 124 valence electrons. The number of halogens is 1. The highest BCUT2D eigenvalue weighted by molar-refractivity contribution is 5.85. The van der Waals surface area contributed by atoms with Crippen LogP contribution in [0.4, 0.5) is 0 Å². The smallest absolute Gasteiger partial charge is 0.118 e. The van der Waals surface area contributed by atoms with Crippen LogP contribution in [0, 0.1) is 5.41 Å². The summed E-state index contributed by atoms with van der Waals surface area (Å²) >= 11 is 0. The van der Waals surface area contributed by atoms with E-state index in [-0.39, 0.29) is 17.8 Å². The number of nitrogens with two attached hydrogens (primary N) is 1. The van der Waals surface area contributed by atoms with E-state index in [1.807, 2.05) is 6.92 Å². The van der Waals surface area contributed by atoms with E-state index >= 15 is 0 Å². The highest BCUT2D eigenvalue weighted by Gasteiger charge is 2.37. The Kier molecular flexibility index (Phi) is 13.3. The van der Waals surface area contributed by atoms with Gasteiger partial charge in [-0.3, -0.25) is 0 Å². The molecule has 0 aromatic carbocycles. The molecule has 0 aliphatic heterocycles. The van der Waals surface area contributed by atoms with Crippen molar-refractivity contribution in [1.82, 2.24) is 0 Å². The van der Waals surface area contributed by atoms with E-state index in [0.717, 1.165) is 6.42 Å². The molecule has 2 nitrogen and oxygen atoms in total. The average molecular weight is 308 g/mol. The van der Waals surface area contributed by atoms with Gasteiger partial charge in [0.25, 0.3) is 0 Å². The summed E-state index contributed by atoms with van der Waals surface area (Å²) in [5, 5.41) is 10.2. The number of hydrogen-bond acceptors (Lipinski definition) is 2. The van der Waals surface area contributed by atoms with E-state index in [4.69, 9.17) is 5.73 Å². The second-order valence-corrected chi connectivity index (χ2v) is 6.74. The molecule has 0 heterocycles. The van der Waals surface area contributed by atoms with Gasteiger partial charge in [0.1, 0.15) is 5.72 Å². The zero-order chi connectivity index (χ0) is 14.8. The first-order valence-corrected chi connectivity index (χ1v) is 8.38. The van der Waals surface area contributed by atoms with E-state index in [0.29, 0.717) is 6.42 Å². The third-order valence-electron chi connectivity index (χ3n) is 4.62. The van der Waals surface area contributed by atoms with Crippen LogP contribution in [0.25, 0.3) is 0 Å². The van der Waals surface area contributed by atoms with Crippen LogP contribution in [0.3, 0.4) is 0 Å². The minimum Gasteiger partial charge on any atom is -0.376 e. The summed E-state index contributed by atoms with van der Waals surface area (Å²) < 4.78 is 0. The fourth-order valence-electron chi connectivity index (χ4n) is 2.57. The van der Waals surface area contributed by atoms with Gasteiger partial charge in [-0.2, -0.15) is 0 Å². The summed E-state index contributed by atoms with van der Waals surface area (Å²) in [6.07, 6.45) is 13.7. The van der Waals surface area contributed by atoms with Gasteiger partial charge in [0.15, 0.2) is 0 Å². The lowest BCUT2D eigenvalue weighted by Gasteiger charge is -2.39. The third-order valence-corrected chi connectivity index (χ3v) is 4.62. The second-order valence-electron chi connectivity index (χ2n) is 6.74. The van der Waals surface area contributed by atoms with Gasteiger partial charge in [0.05, 0.1) is 0 Å². The average Bonchev–Trinajstić information content (AvgIpc) is 2.36. The molecule has 0 bridgehead atoms. The van der Waals surface area contributed by atoms with Crippen LogP contribution in [0.15, 0.2) is 0 Å². The van der Waals surface area contributed by atoms with E-state index < -0.39 is 5.72 Å². The quantitative estimate of drug-likeness (QED) is 0.374. The maximum absolute atomic E-state index is 10.2. The van der Waals surface area contributed by atoms with Crippen molar-refractivity contribution in [3.63, 3.8) is 0 Å². The lowest BCUT2D eigenvalue weighted by atomic mass is 9.76. The Morgan fingerprint density at radius 1 is 0.800 bits per heavy atom. The number of rotatable bonds is 12. The van der Waals surface area contributed by atoms with Crippen molar-refractivity contribution in [3.8, 4) is 0 Å².